The fraction of sp³-hybridized carbons (Fsp3) is 0.632. The van der Waals surface area contributed by atoms with Crippen LogP contribution in [-0.4, -0.2) is 63.2 Å². The molecule has 0 atom stereocenters. The molecule has 0 spiro atoms. The zero-order valence-electron chi connectivity index (χ0n) is 15.6. The van der Waals surface area contributed by atoms with Gasteiger partial charge in [-0.05, 0) is 38.4 Å². The van der Waals surface area contributed by atoms with E-state index in [9.17, 15) is 4.39 Å². The second-order valence-corrected chi connectivity index (χ2v) is 6.32. The minimum atomic E-state index is -0.123. The Bertz CT molecular complexity index is 526. The third-order valence-corrected chi connectivity index (χ3v) is 4.35. The molecule has 0 bridgehead atoms. The van der Waals surface area contributed by atoms with Gasteiger partial charge in [-0.1, -0.05) is 19.1 Å². The van der Waals surface area contributed by atoms with Crippen LogP contribution in [0.1, 0.15) is 26.7 Å². The van der Waals surface area contributed by atoms with E-state index in [1.807, 2.05) is 12.1 Å². The molecular weight excluding hydrogens is 317 g/mol. The monoisotopic (exact) mass is 349 g/mol. The molecule has 1 aromatic rings. The Morgan fingerprint density at radius 2 is 1.88 bits per heavy atom. The fourth-order valence-electron chi connectivity index (χ4n) is 3.00. The van der Waals surface area contributed by atoms with Crippen molar-refractivity contribution in [3.8, 4) is 0 Å². The molecule has 0 unspecified atom stereocenters. The molecule has 0 aliphatic carbocycles. The molecule has 6 heteroatoms. The first-order chi connectivity index (χ1) is 12.2. The summed E-state index contributed by atoms with van der Waals surface area (Å²) in [6.45, 7) is 11.7. The third-order valence-electron chi connectivity index (χ3n) is 4.35. The Hall–Kier alpha value is -1.82. The molecular formula is C19H32FN5. The Labute approximate surface area is 151 Å². The summed E-state index contributed by atoms with van der Waals surface area (Å²) in [7, 11) is 0. The van der Waals surface area contributed by atoms with Crippen LogP contribution in [0.25, 0.3) is 0 Å². The molecule has 0 saturated carbocycles. The predicted octanol–water partition coefficient (Wildman–Crippen LogP) is 2.30. The van der Waals surface area contributed by atoms with Crippen LogP contribution in [0.4, 0.5) is 10.1 Å². The minimum Gasteiger partial charge on any atom is -0.367 e. The zero-order valence-corrected chi connectivity index (χ0v) is 15.6. The first-order valence-corrected chi connectivity index (χ1v) is 9.48. The van der Waals surface area contributed by atoms with Crippen LogP contribution in [0.2, 0.25) is 0 Å². The Kier molecular flexibility index (Phi) is 8.52. The summed E-state index contributed by atoms with van der Waals surface area (Å²) < 4.78 is 13.9. The number of hydrogen-bond donors (Lipinski definition) is 2. The molecule has 1 aliphatic rings. The van der Waals surface area contributed by atoms with Crippen molar-refractivity contribution in [3.05, 3.63) is 30.1 Å². The number of halogens is 1. The van der Waals surface area contributed by atoms with Crippen molar-refractivity contribution < 1.29 is 4.39 Å². The molecule has 5 nitrogen and oxygen atoms in total. The number of anilines is 1. The van der Waals surface area contributed by atoms with Gasteiger partial charge < -0.3 is 15.5 Å². The van der Waals surface area contributed by atoms with Gasteiger partial charge in [0.25, 0.3) is 0 Å². The largest absolute Gasteiger partial charge is 0.367 e. The van der Waals surface area contributed by atoms with Gasteiger partial charge in [-0.3, -0.25) is 9.89 Å². The molecule has 1 saturated heterocycles. The van der Waals surface area contributed by atoms with Crippen LogP contribution in [0.5, 0.6) is 0 Å². The number of hydrogen-bond acceptors (Lipinski definition) is 3. The van der Waals surface area contributed by atoms with E-state index in [1.54, 1.807) is 6.07 Å². The summed E-state index contributed by atoms with van der Waals surface area (Å²) in [5.74, 6) is 0.788. The highest BCUT2D eigenvalue weighted by molar-refractivity contribution is 5.79. The molecule has 0 radical (unpaired) electrons. The van der Waals surface area contributed by atoms with Crippen molar-refractivity contribution in [3.63, 3.8) is 0 Å². The van der Waals surface area contributed by atoms with Gasteiger partial charge in [0.2, 0.25) is 0 Å². The number of rotatable bonds is 8. The highest BCUT2D eigenvalue weighted by Gasteiger charge is 2.18. The number of aliphatic imine (C=N–C) groups is 1. The van der Waals surface area contributed by atoms with Gasteiger partial charge in [-0.15, -0.1) is 0 Å². The molecule has 0 aromatic heterocycles. The van der Waals surface area contributed by atoms with Crippen molar-refractivity contribution >= 4 is 11.6 Å². The molecule has 1 fully saturated rings. The highest BCUT2D eigenvalue weighted by atomic mass is 19.1. The van der Waals surface area contributed by atoms with Crippen LogP contribution in [-0.2, 0) is 0 Å². The average Bonchev–Trinajstić information content (AvgIpc) is 2.64. The maximum absolute atomic E-state index is 13.9. The van der Waals surface area contributed by atoms with Gasteiger partial charge in [0.1, 0.15) is 5.82 Å². The standard InChI is InChI=1S/C19H32FN5/c1-3-10-22-19(21-4-2)23-11-7-12-24-13-15-25(16-14-24)18-9-6-5-8-17(18)20/h5-6,8-9H,3-4,7,10-16H2,1-2H3,(H2,21,22,23). The van der Waals surface area contributed by atoms with Crippen LogP contribution in [0.3, 0.4) is 0 Å². The van der Waals surface area contributed by atoms with Crippen LogP contribution in [0, 0.1) is 5.82 Å². The smallest absolute Gasteiger partial charge is 0.191 e. The topological polar surface area (TPSA) is 42.9 Å². The van der Waals surface area contributed by atoms with Gasteiger partial charge in [-0.2, -0.15) is 0 Å². The van der Waals surface area contributed by atoms with Crippen molar-refractivity contribution in [1.29, 1.82) is 0 Å². The lowest BCUT2D eigenvalue weighted by Crippen LogP contribution is -2.47. The van der Waals surface area contributed by atoms with E-state index in [0.29, 0.717) is 0 Å². The van der Waals surface area contributed by atoms with E-state index < -0.39 is 0 Å². The molecule has 140 valence electrons. The quantitative estimate of drug-likeness (QED) is 0.429. The average molecular weight is 349 g/mol. The number of para-hydroxylation sites is 1. The summed E-state index contributed by atoms with van der Waals surface area (Å²) in [5, 5.41) is 6.66. The van der Waals surface area contributed by atoms with E-state index >= 15 is 0 Å². The molecule has 1 heterocycles. The van der Waals surface area contributed by atoms with Gasteiger partial charge >= 0.3 is 0 Å². The summed E-state index contributed by atoms with van der Waals surface area (Å²) >= 11 is 0. The molecule has 2 rings (SSSR count). The SMILES string of the molecule is CCCN=C(NCC)NCCCN1CCN(c2ccccc2F)CC1. The maximum atomic E-state index is 13.9. The van der Waals surface area contributed by atoms with E-state index in [1.165, 1.54) is 6.07 Å². The normalized spacial score (nSPS) is 16.1. The first kappa shape index (κ1) is 19.5. The summed E-state index contributed by atoms with van der Waals surface area (Å²) in [5.41, 5.74) is 0.728. The van der Waals surface area contributed by atoms with E-state index in [-0.39, 0.29) is 5.82 Å². The second-order valence-electron chi connectivity index (χ2n) is 6.32. The lowest BCUT2D eigenvalue weighted by molar-refractivity contribution is 0.254. The first-order valence-electron chi connectivity index (χ1n) is 9.48. The lowest BCUT2D eigenvalue weighted by Gasteiger charge is -2.36. The Balaban J connectivity index is 1.66. The maximum Gasteiger partial charge on any atom is 0.191 e. The Morgan fingerprint density at radius 1 is 1.12 bits per heavy atom. The summed E-state index contributed by atoms with van der Waals surface area (Å²) in [6.07, 6.45) is 2.14. The van der Waals surface area contributed by atoms with Gasteiger partial charge in [0.05, 0.1) is 5.69 Å². The van der Waals surface area contributed by atoms with Crippen LogP contribution < -0.4 is 15.5 Å². The van der Waals surface area contributed by atoms with Crippen LogP contribution in [0.15, 0.2) is 29.3 Å². The van der Waals surface area contributed by atoms with Crippen molar-refractivity contribution in [2.75, 3.05) is 57.3 Å². The molecule has 0 amide bonds. The van der Waals surface area contributed by atoms with Gasteiger partial charge in [-0.25, -0.2) is 4.39 Å². The lowest BCUT2D eigenvalue weighted by atomic mass is 10.2. The zero-order chi connectivity index (χ0) is 17.9. The molecule has 25 heavy (non-hydrogen) atoms. The van der Waals surface area contributed by atoms with Crippen molar-refractivity contribution in [2.45, 2.75) is 26.7 Å². The number of piperazine rings is 1. The van der Waals surface area contributed by atoms with E-state index in [4.69, 9.17) is 0 Å². The van der Waals surface area contributed by atoms with Crippen molar-refractivity contribution in [2.24, 2.45) is 4.99 Å². The van der Waals surface area contributed by atoms with Gasteiger partial charge in [0, 0.05) is 45.8 Å². The fourth-order valence-corrected chi connectivity index (χ4v) is 3.00. The second kappa shape index (κ2) is 10.9. The number of benzene rings is 1. The third kappa shape index (κ3) is 6.53. The van der Waals surface area contributed by atoms with Crippen molar-refractivity contribution in [1.82, 2.24) is 15.5 Å². The summed E-state index contributed by atoms with van der Waals surface area (Å²) in [6, 6.07) is 7.05. The number of nitrogens with zero attached hydrogens (tertiary/aromatic N) is 3. The Morgan fingerprint density at radius 3 is 2.56 bits per heavy atom. The van der Waals surface area contributed by atoms with E-state index in [0.717, 1.165) is 76.8 Å². The van der Waals surface area contributed by atoms with Gasteiger partial charge in [0.15, 0.2) is 5.96 Å². The van der Waals surface area contributed by atoms with E-state index in [2.05, 4.69) is 39.3 Å². The van der Waals surface area contributed by atoms with Crippen LogP contribution >= 0.6 is 0 Å². The predicted molar refractivity (Wildman–Crippen MR) is 104 cm³/mol. The number of nitrogens with one attached hydrogen (secondary N) is 2. The highest BCUT2D eigenvalue weighted by Crippen LogP contribution is 2.20. The summed E-state index contributed by atoms with van der Waals surface area (Å²) in [4.78, 5) is 9.10. The molecule has 2 N–H and O–H groups in total. The minimum absolute atomic E-state index is 0.123. The number of guanidine groups is 1. The molecule has 1 aliphatic heterocycles. The molecule has 1 aromatic carbocycles.